The number of fused-ring (bicyclic) bond motifs is 1. The Bertz CT molecular complexity index is 1030. The summed E-state index contributed by atoms with van der Waals surface area (Å²) in [6.07, 6.45) is 6.14. The van der Waals surface area contributed by atoms with Crippen LogP contribution >= 0.6 is 11.6 Å². The number of nitrogens with zero attached hydrogens (tertiary/aromatic N) is 1. The van der Waals surface area contributed by atoms with Crippen LogP contribution in [0.4, 0.5) is 16.2 Å². The molecule has 1 saturated heterocycles. The quantitative estimate of drug-likeness (QED) is 0.590. The Balaban J connectivity index is 1.39. The number of benzene rings is 2. The molecule has 0 bridgehead atoms. The zero-order chi connectivity index (χ0) is 23.4. The molecule has 0 radical (unpaired) electrons. The summed E-state index contributed by atoms with van der Waals surface area (Å²) in [5, 5.41) is 5.82. The first kappa shape index (κ1) is 23.2. The van der Waals surface area contributed by atoms with E-state index in [4.69, 9.17) is 21.1 Å². The van der Waals surface area contributed by atoms with E-state index >= 15 is 0 Å². The number of rotatable bonds is 5. The van der Waals surface area contributed by atoms with Crippen LogP contribution in [-0.4, -0.2) is 44.1 Å². The van der Waals surface area contributed by atoms with Gasteiger partial charge in [-0.2, -0.15) is 0 Å². The standard InChI is InChI=1S/C25H30ClN3O4/c1-32-19-8-10-22(23(14-19)33-2)28-25(31)27-18-7-9-20(21(26)13-18)24(30)29-12-11-16-5-3-4-6-17(16)15-29/h7-10,13-14,16-17H,3-6,11-12,15H2,1-2H3,(H2,27,28,31)/t16-,17+/m1/s1. The minimum atomic E-state index is -0.451. The largest absolute Gasteiger partial charge is 0.497 e. The van der Waals surface area contributed by atoms with Gasteiger partial charge in [0.25, 0.3) is 5.91 Å². The molecule has 3 amide bonds. The van der Waals surface area contributed by atoms with Gasteiger partial charge in [0, 0.05) is 24.8 Å². The molecule has 33 heavy (non-hydrogen) atoms. The first-order valence-corrected chi connectivity index (χ1v) is 11.7. The Morgan fingerprint density at radius 3 is 2.48 bits per heavy atom. The third kappa shape index (κ3) is 5.36. The summed E-state index contributed by atoms with van der Waals surface area (Å²) < 4.78 is 10.5. The molecular formula is C25H30ClN3O4. The van der Waals surface area contributed by atoms with Gasteiger partial charge >= 0.3 is 6.03 Å². The Labute approximate surface area is 199 Å². The molecule has 8 heteroatoms. The second-order valence-corrected chi connectivity index (χ2v) is 9.09. The summed E-state index contributed by atoms with van der Waals surface area (Å²) in [4.78, 5) is 27.5. The predicted molar refractivity (Wildman–Crippen MR) is 130 cm³/mol. The monoisotopic (exact) mass is 471 g/mol. The Hall–Kier alpha value is -2.93. The molecule has 0 aromatic heterocycles. The number of nitrogens with one attached hydrogen (secondary N) is 2. The predicted octanol–water partition coefficient (Wildman–Crippen LogP) is 5.65. The summed E-state index contributed by atoms with van der Waals surface area (Å²) in [5.74, 6) is 2.42. The molecule has 0 unspecified atom stereocenters. The summed E-state index contributed by atoms with van der Waals surface area (Å²) in [6.45, 7) is 1.59. The zero-order valence-electron chi connectivity index (χ0n) is 19.0. The number of ether oxygens (including phenoxy) is 2. The number of hydrogen-bond donors (Lipinski definition) is 2. The molecule has 2 aromatic rings. The topological polar surface area (TPSA) is 79.9 Å². The first-order chi connectivity index (χ1) is 16.0. The number of anilines is 2. The molecular weight excluding hydrogens is 442 g/mol. The number of carbonyl (C=O) groups excluding carboxylic acids is 2. The summed E-state index contributed by atoms with van der Waals surface area (Å²) in [6, 6.07) is 9.63. The maximum absolute atomic E-state index is 13.1. The van der Waals surface area contributed by atoms with Crippen molar-refractivity contribution in [3.05, 3.63) is 47.0 Å². The van der Waals surface area contributed by atoms with Crippen molar-refractivity contribution < 1.29 is 19.1 Å². The number of amides is 3. The Kier molecular flexibility index (Phi) is 7.28. The van der Waals surface area contributed by atoms with E-state index in [9.17, 15) is 9.59 Å². The van der Waals surface area contributed by atoms with Crippen LogP contribution in [0.3, 0.4) is 0 Å². The van der Waals surface area contributed by atoms with Crippen molar-refractivity contribution in [2.24, 2.45) is 11.8 Å². The lowest BCUT2D eigenvalue weighted by atomic mass is 9.75. The second-order valence-electron chi connectivity index (χ2n) is 8.68. The molecule has 2 aliphatic rings. The lowest BCUT2D eigenvalue weighted by Crippen LogP contribution is -2.44. The molecule has 2 fully saturated rings. The van der Waals surface area contributed by atoms with E-state index < -0.39 is 6.03 Å². The molecule has 4 rings (SSSR count). The van der Waals surface area contributed by atoms with Gasteiger partial charge in [-0.3, -0.25) is 4.79 Å². The van der Waals surface area contributed by atoms with Gasteiger partial charge in [0.1, 0.15) is 11.5 Å². The van der Waals surface area contributed by atoms with Crippen molar-refractivity contribution in [2.75, 3.05) is 37.9 Å². The maximum Gasteiger partial charge on any atom is 0.323 e. The van der Waals surface area contributed by atoms with Gasteiger partial charge in [-0.1, -0.05) is 30.9 Å². The highest BCUT2D eigenvalue weighted by Crippen LogP contribution is 2.37. The molecule has 176 valence electrons. The summed E-state index contributed by atoms with van der Waals surface area (Å²) in [5.41, 5.74) is 1.46. The van der Waals surface area contributed by atoms with Gasteiger partial charge in [0.15, 0.2) is 0 Å². The van der Waals surface area contributed by atoms with Crippen LogP contribution in [0.25, 0.3) is 0 Å². The fourth-order valence-electron chi connectivity index (χ4n) is 4.91. The lowest BCUT2D eigenvalue weighted by molar-refractivity contribution is 0.0521. The van der Waals surface area contributed by atoms with Crippen LogP contribution in [0.2, 0.25) is 5.02 Å². The van der Waals surface area contributed by atoms with Crippen LogP contribution in [-0.2, 0) is 0 Å². The molecule has 1 heterocycles. The van der Waals surface area contributed by atoms with Gasteiger partial charge in [-0.25, -0.2) is 4.79 Å². The fourth-order valence-corrected chi connectivity index (χ4v) is 5.17. The molecule has 1 aliphatic heterocycles. The molecule has 0 spiro atoms. The van der Waals surface area contributed by atoms with Gasteiger partial charge in [0.2, 0.25) is 0 Å². The highest BCUT2D eigenvalue weighted by atomic mass is 35.5. The minimum absolute atomic E-state index is 0.0389. The van der Waals surface area contributed by atoms with Gasteiger partial charge in [-0.05, 0) is 55.0 Å². The van der Waals surface area contributed by atoms with E-state index in [0.29, 0.717) is 39.4 Å². The number of likely N-dealkylation sites (tertiary alicyclic amines) is 1. The van der Waals surface area contributed by atoms with E-state index in [0.717, 1.165) is 25.4 Å². The molecule has 2 aromatic carbocycles. The SMILES string of the molecule is COc1ccc(NC(=O)Nc2ccc(C(=O)N3CC[C@H]4CCCC[C@H]4C3)c(Cl)c2)c(OC)c1. The lowest BCUT2D eigenvalue weighted by Gasteiger charge is -2.41. The van der Waals surface area contributed by atoms with Crippen LogP contribution in [0, 0.1) is 11.8 Å². The highest BCUT2D eigenvalue weighted by molar-refractivity contribution is 6.34. The van der Waals surface area contributed by atoms with E-state index in [1.165, 1.54) is 32.8 Å². The molecule has 2 N–H and O–H groups in total. The van der Waals surface area contributed by atoms with Crippen molar-refractivity contribution in [1.82, 2.24) is 4.90 Å². The third-order valence-corrected chi connectivity index (χ3v) is 7.01. The molecule has 2 atom stereocenters. The Morgan fingerprint density at radius 2 is 1.76 bits per heavy atom. The van der Waals surface area contributed by atoms with Gasteiger partial charge < -0.3 is 25.0 Å². The smallest absolute Gasteiger partial charge is 0.323 e. The first-order valence-electron chi connectivity index (χ1n) is 11.4. The molecule has 1 saturated carbocycles. The minimum Gasteiger partial charge on any atom is -0.497 e. The van der Waals surface area contributed by atoms with Crippen LogP contribution in [0.5, 0.6) is 11.5 Å². The third-order valence-electron chi connectivity index (χ3n) is 6.69. The van der Waals surface area contributed by atoms with Crippen molar-refractivity contribution >= 4 is 34.9 Å². The van der Waals surface area contributed by atoms with Crippen LogP contribution < -0.4 is 20.1 Å². The van der Waals surface area contributed by atoms with Crippen molar-refractivity contribution in [1.29, 1.82) is 0 Å². The number of piperidine rings is 1. The van der Waals surface area contributed by atoms with Crippen LogP contribution in [0.1, 0.15) is 42.5 Å². The number of hydrogen-bond acceptors (Lipinski definition) is 4. The van der Waals surface area contributed by atoms with Gasteiger partial charge in [0.05, 0.1) is 30.5 Å². The molecule has 7 nitrogen and oxygen atoms in total. The average Bonchev–Trinajstić information content (AvgIpc) is 2.83. The maximum atomic E-state index is 13.1. The Morgan fingerprint density at radius 1 is 0.970 bits per heavy atom. The molecule has 1 aliphatic carbocycles. The zero-order valence-corrected chi connectivity index (χ0v) is 19.8. The number of carbonyl (C=O) groups is 2. The van der Waals surface area contributed by atoms with E-state index in [1.54, 1.807) is 43.5 Å². The van der Waals surface area contributed by atoms with Crippen LogP contribution in [0.15, 0.2) is 36.4 Å². The van der Waals surface area contributed by atoms with E-state index in [-0.39, 0.29) is 5.91 Å². The normalized spacial score (nSPS) is 19.9. The van der Waals surface area contributed by atoms with Crippen molar-refractivity contribution in [2.45, 2.75) is 32.1 Å². The number of urea groups is 1. The number of halogens is 1. The average molecular weight is 472 g/mol. The van der Waals surface area contributed by atoms with Gasteiger partial charge in [-0.15, -0.1) is 0 Å². The van der Waals surface area contributed by atoms with Crippen molar-refractivity contribution in [3.8, 4) is 11.5 Å². The summed E-state index contributed by atoms with van der Waals surface area (Å²) >= 11 is 6.45. The highest BCUT2D eigenvalue weighted by Gasteiger charge is 2.33. The van der Waals surface area contributed by atoms with Crippen molar-refractivity contribution in [3.63, 3.8) is 0 Å². The van der Waals surface area contributed by atoms with E-state index in [2.05, 4.69) is 10.6 Å². The fraction of sp³-hybridized carbons (Fsp3) is 0.440. The van der Waals surface area contributed by atoms with E-state index in [1.807, 2.05) is 4.90 Å². The summed E-state index contributed by atoms with van der Waals surface area (Å²) in [7, 11) is 3.08. The second kappa shape index (κ2) is 10.3. The number of methoxy groups -OCH3 is 2.